The van der Waals surface area contributed by atoms with Gasteiger partial charge < -0.3 is 14.2 Å². The number of carbonyl (C=O) groups is 1. The van der Waals surface area contributed by atoms with E-state index < -0.39 is 0 Å². The number of fused-ring (bicyclic) bond motifs is 1. The number of ether oxygens (including phenoxy) is 1. The van der Waals surface area contributed by atoms with E-state index in [9.17, 15) is 4.79 Å². The number of hydrogen-bond acceptors (Lipinski definition) is 7. The summed E-state index contributed by atoms with van der Waals surface area (Å²) in [6.45, 7) is 5.98. The van der Waals surface area contributed by atoms with Crippen LogP contribution in [0.2, 0.25) is 0 Å². The van der Waals surface area contributed by atoms with Gasteiger partial charge in [0, 0.05) is 44.6 Å². The number of nitrogens with zero attached hydrogens (tertiary/aromatic N) is 8. The van der Waals surface area contributed by atoms with Crippen molar-refractivity contribution in [2.45, 2.75) is 32.9 Å². The van der Waals surface area contributed by atoms with Crippen molar-refractivity contribution in [3.05, 3.63) is 48.3 Å². The van der Waals surface area contributed by atoms with Gasteiger partial charge >= 0.3 is 0 Å². The summed E-state index contributed by atoms with van der Waals surface area (Å²) in [5.41, 5.74) is 3.87. The minimum atomic E-state index is -0.163. The lowest BCUT2D eigenvalue weighted by atomic mass is 10.2. The van der Waals surface area contributed by atoms with Gasteiger partial charge in [0.05, 0.1) is 23.9 Å². The molecule has 4 aromatic heterocycles. The molecule has 10 nitrogen and oxygen atoms in total. The summed E-state index contributed by atoms with van der Waals surface area (Å²) in [6.07, 6.45) is 7.11. The van der Waals surface area contributed by atoms with Crippen LogP contribution < -0.4 is 4.74 Å². The van der Waals surface area contributed by atoms with E-state index in [4.69, 9.17) is 9.72 Å². The van der Waals surface area contributed by atoms with E-state index in [0.29, 0.717) is 35.7 Å². The van der Waals surface area contributed by atoms with E-state index in [1.807, 2.05) is 29.4 Å². The first-order valence-corrected chi connectivity index (χ1v) is 10.6. The number of imidazole rings is 1. The highest BCUT2D eigenvalue weighted by Crippen LogP contribution is 2.30. The zero-order chi connectivity index (χ0) is 22.2. The van der Waals surface area contributed by atoms with E-state index >= 15 is 0 Å². The van der Waals surface area contributed by atoms with E-state index in [0.717, 1.165) is 30.0 Å². The summed E-state index contributed by atoms with van der Waals surface area (Å²) in [5, 5.41) is 4.43. The smallest absolute Gasteiger partial charge is 0.255 e. The summed E-state index contributed by atoms with van der Waals surface area (Å²) in [5.74, 6) is 1.15. The molecule has 1 amide bonds. The van der Waals surface area contributed by atoms with Gasteiger partial charge in [-0.2, -0.15) is 10.1 Å². The monoisotopic (exact) mass is 432 g/mol. The maximum absolute atomic E-state index is 12.7. The van der Waals surface area contributed by atoms with Crippen molar-refractivity contribution in [3.8, 4) is 17.3 Å². The first-order valence-electron chi connectivity index (χ1n) is 10.6. The predicted octanol–water partition coefficient (Wildman–Crippen LogP) is 2.24. The second-order valence-electron chi connectivity index (χ2n) is 7.83. The Balaban J connectivity index is 1.39. The van der Waals surface area contributed by atoms with Gasteiger partial charge in [0.2, 0.25) is 5.88 Å². The summed E-state index contributed by atoms with van der Waals surface area (Å²) in [4.78, 5) is 32.1. The van der Waals surface area contributed by atoms with Gasteiger partial charge in [-0.1, -0.05) is 0 Å². The van der Waals surface area contributed by atoms with E-state index in [-0.39, 0.29) is 12.0 Å². The van der Waals surface area contributed by atoms with Crippen LogP contribution in [-0.2, 0) is 13.6 Å². The van der Waals surface area contributed by atoms with Crippen molar-refractivity contribution >= 4 is 17.1 Å². The lowest BCUT2D eigenvalue weighted by Crippen LogP contribution is -2.31. The topological polar surface area (TPSA) is 104 Å². The normalized spacial score (nSPS) is 16.1. The molecule has 1 saturated heterocycles. The number of likely N-dealkylation sites (tertiary alicyclic amines) is 1. The number of amides is 1. The number of pyridine rings is 1. The average Bonchev–Trinajstić information content (AvgIpc) is 3.52. The van der Waals surface area contributed by atoms with Gasteiger partial charge in [-0.25, -0.2) is 9.97 Å². The van der Waals surface area contributed by atoms with Crippen molar-refractivity contribution in [2.75, 3.05) is 13.1 Å². The Hall–Kier alpha value is -3.82. The molecule has 0 radical (unpaired) electrons. The third kappa shape index (κ3) is 3.37. The maximum Gasteiger partial charge on any atom is 0.255 e. The summed E-state index contributed by atoms with van der Waals surface area (Å²) in [7, 11) is 1.92. The fourth-order valence-electron chi connectivity index (χ4n) is 4.13. The molecule has 5 heterocycles. The van der Waals surface area contributed by atoms with Crippen LogP contribution in [0.25, 0.3) is 22.6 Å². The van der Waals surface area contributed by atoms with Crippen LogP contribution in [0.4, 0.5) is 0 Å². The summed E-state index contributed by atoms with van der Waals surface area (Å²) >= 11 is 0. The van der Waals surface area contributed by atoms with E-state index in [1.54, 1.807) is 29.4 Å². The Morgan fingerprint density at radius 3 is 2.91 bits per heavy atom. The van der Waals surface area contributed by atoms with Crippen LogP contribution >= 0.6 is 0 Å². The highest BCUT2D eigenvalue weighted by atomic mass is 16.5. The molecule has 4 aromatic rings. The third-order valence-corrected chi connectivity index (χ3v) is 5.89. The largest absolute Gasteiger partial charge is 0.471 e. The minimum absolute atomic E-state index is 0.0411. The Kier molecular flexibility index (Phi) is 5.04. The molecule has 1 fully saturated rings. The molecule has 5 rings (SSSR count). The van der Waals surface area contributed by atoms with Gasteiger partial charge in [-0.3, -0.25) is 14.5 Å². The molecule has 0 aromatic carbocycles. The fourth-order valence-corrected chi connectivity index (χ4v) is 4.13. The number of rotatable bonds is 5. The van der Waals surface area contributed by atoms with Crippen LogP contribution in [0.15, 0.2) is 37.1 Å². The Morgan fingerprint density at radius 2 is 2.16 bits per heavy atom. The lowest BCUT2D eigenvalue weighted by molar-refractivity contribution is 0.0771. The predicted molar refractivity (Wildman–Crippen MR) is 117 cm³/mol. The molecule has 0 aliphatic carbocycles. The van der Waals surface area contributed by atoms with Crippen LogP contribution in [0.1, 0.15) is 29.4 Å². The quantitative estimate of drug-likeness (QED) is 0.476. The first kappa shape index (κ1) is 20.1. The van der Waals surface area contributed by atoms with Crippen LogP contribution in [0.3, 0.4) is 0 Å². The zero-order valence-corrected chi connectivity index (χ0v) is 18.3. The molecule has 1 unspecified atom stereocenters. The SMILES string of the molecule is CCn1ncc(-c2nc3c(OC4CCN(C(=O)c5cccnc5)C4)ncnc3n2C)c1C. The lowest BCUT2D eigenvalue weighted by Gasteiger charge is -2.16. The second-order valence-corrected chi connectivity index (χ2v) is 7.83. The number of hydrogen-bond donors (Lipinski definition) is 0. The number of carbonyl (C=O) groups excluding carboxylic acids is 1. The van der Waals surface area contributed by atoms with Crippen molar-refractivity contribution in [3.63, 3.8) is 0 Å². The van der Waals surface area contributed by atoms with E-state index in [1.165, 1.54) is 6.33 Å². The molecular formula is C22H24N8O2. The summed E-state index contributed by atoms with van der Waals surface area (Å²) in [6, 6.07) is 3.54. The van der Waals surface area contributed by atoms with Crippen molar-refractivity contribution in [2.24, 2.45) is 7.05 Å². The second kappa shape index (κ2) is 8.03. The van der Waals surface area contributed by atoms with Gasteiger partial charge in [-0.05, 0) is 26.0 Å². The fraction of sp³-hybridized carbons (Fsp3) is 0.364. The highest BCUT2D eigenvalue weighted by Gasteiger charge is 2.30. The van der Waals surface area contributed by atoms with Crippen LogP contribution in [0.5, 0.6) is 5.88 Å². The van der Waals surface area contributed by atoms with Gasteiger partial charge in [0.25, 0.3) is 5.91 Å². The molecule has 32 heavy (non-hydrogen) atoms. The molecule has 1 aliphatic heterocycles. The molecule has 0 saturated carbocycles. The highest BCUT2D eigenvalue weighted by molar-refractivity contribution is 5.94. The molecule has 0 spiro atoms. The zero-order valence-electron chi connectivity index (χ0n) is 18.3. The first-order chi connectivity index (χ1) is 15.6. The standard InChI is InChI=1S/C22H24N8O2/c1-4-30-14(2)17(11-26-30)19-27-18-20(28(19)3)24-13-25-21(18)32-16-7-9-29(12-16)22(31)15-6-5-8-23-10-15/h5-6,8,10-11,13,16H,4,7,9,12H2,1-3H3. The molecule has 0 N–H and O–H groups in total. The Bertz CT molecular complexity index is 1280. The van der Waals surface area contributed by atoms with Gasteiger partial charge in [0.1, 0.15) is 18.3 Å². The molecule has 0 bridgehead atoms. The number of aromatic nitrogens is 7. The molecule has 1 aliphatic rings. The van der Waals surface area contributed by atoms with E-state index in [2.05, 4.69) is 27.0 Å². The molecule has 1 atom stereocenters. The summed E-state index contributed by atoms with van der Waals surface area (Å²) < 4.78 is 10.1. The maximum atomic E-state index is 12.7. The van der Waals surface area contributed by atoms with Crippen molar-refractivity contribution in [1.29, 1.82) is 0 Å². The Morgan fingerprint density at radius 1 is 1.28 bits per heavy atom. The van der Waals surface area contributed by atoms with Gasteiger partial charge in [0.15, 0.2) is 11.2 Å². The van der Waals surface area contributed by atoms with Crippen molar-refractivity contribution < 1.29 is 9.53 Å². The number of aryl methyl sites for hydroxylation is 2. The molecular weight excluding hydrogens is 408 g/mol. The molecule has 164 valence electrons. The molecule has 10 heteroatoms. The third-order valence-electron chi connectivity index (χ3n) is 5.89. The average molecular weight is 432 g/mol. The van der Waals surface area contributed by atoms with Crippen LogP contribution in [-0.4, -0.2) is 64.3 Å². The van der Waals surface area contributed by atoms with Gasteiger partial charge in [-0.15, -0.1) is 0 Å². The van der Waals surface area contributed by atoms with Crippen LogP contribution in [0, 0.1) is 6.92 Å². The Labute approximate surface area is 184 Å². The van der Waals surface area contributed by atoms with Crippen molar-refractivity contribution in [1.82, 2.24) is 39.2 Å². The minimum Gasteiger partial charge on any atom is -0.471 e.